The molecule has 0 aliphatic carbocycles. The highest BCUT2D eigenvalue weighted by Crippen LogP contribution is 2.40. The van der Waals surface area contributed by atoms with E-state index in [0.717, 1.165) is 30.0 Å². The van der Waals surface area contributed by atoms with Crippen LogP contribution in [-0.2, 0) is 4.74 Å². The molecule has 0 N–H and O–H groups in total. The molecule has 0 unspecified atom stereocenters. The van der Waals surface area contributed by atoms with E-state index in [4.69, 9.17) is 19.2 Å². The van der Waals surface area contributed by atoms with Gasteiger partial charge in [0.15, 0.2) is 10.8 Å². The molecule has 33 heavy (non-hydrogen) atoms. The van der Waals surface area contributed by atoms with Gasteiger partial charge in [0.2, 0.25) is 0 Å². The van der Waals surface area contributed by atoms with E-state index < -0.39 is 0 Å². The van der Waals surface area contributed by atoms with Gasteiger partial charge in [0, 0.05) is 37.9 Å². The van der Waals surface area contributed by atoms with Gasteiger partial charge in [-0.2, -0.15) is 5.10 Å². The molecule has 0 spiro atoms. The summed E-state index contributed by atoms with van der Waals surface area (Å²) in [5.74, 6) is 1.19. The number of benzene rings is 1. The smallest absolute Gasteiger partial charge is 0.280 e. The van der Waals surface area contributed by atoms with Gasteiger partial charge < -0.3 is 14.2 Å². The number of thiazole rings is 1. The largest absolute Gasteiger partial charge is 0.495 e. The monoisotopic (exact) mass is 473 g/mol. The van der Waals surface area contributed by atoms with Gasteiger partial charge in [-0.15, -0.1) is 0 Å². The first-order chi connectivity index (χ1) is 15.9. The lowest BCUT2D eigenvalue weighted by atomic mass is 10.3. The van der Waals surface area contributed by atoms with E-state index in [1.807, 2.05) is 29.8 Å². The van der Waals surface area contributed by atoms with E-state index in [9.17, 15) is 4.79 Å². The van der Waals surface area contributed by atoms with Crippen molar-refractivity contribution in [2.75, 3.05) is 58.5 Å². The minimum atomic E-state index is -0.164. The molecule has 0 bridgehead atoms. The zero-order chi connectivity index (χ0) is 23.5. The van der Waals surface area contributed by atoms with Crippen molar-refractivity contribution in [2.45, 2.75) is 26.8 Å². The summed E-state index contributed by atoms with van der Waals surface area (Å²) in [7, 11) is 3.24. The standard InChI is InChI=1S/C23H31N5O4S/c1-15(2)28-16(3)14-17(25-28)22(29)27(9-8-26-10-12-32-13-11-26)23-24-20-18(30-4)6-7-19(31-5)21(20)33-23/h6-7,14-15H,8-13H2,1-5H3. The Morgan fingerprint density at radius 3 is 2.55 bits per heavy atom. The molecule has 9 nitrogen and oxygen atoms in total. The topological polar surface area (TPSA) is 82.0 Å². The molecule has 178 valence electrons. The quantitative estimate of drug-likeness (QED) is 0.496. The normalized spacial score (nSPS) is 14.7. The molecule has 10 heteroatoms. The van der Waals surface area contributed by atoms with E-state index in [1.54, 1.807) is 19.1 Å². The maximum absolute atomic E-state index is 13.7. The van der Waals surface area contributed by atoms with Crippen molar-refractivity contribution in [2.24, 2.45) is 0 Å². The lowest BCUT2D eigenvalue weighted by Crippen LogP contribution is -2.43. The van der Waals surface area contributed by atoms with Gasteiger partial charge in [-0.3, -0.25) is 19.3 Å². The second-order valence-corrected chi connectivity index (χ2v) is 9.24. The van der Waals surface area contributed by atoms with E-state index in [1.165, 1.54) is 11.3 Å². The van der Waals surface area contributed by atoms with Crippen LogP contribution in [0.1, 0.15) is 36.1 Å². The number of carbonyl (C=O) groups is 1. The Morgan fingerprint density at radius 2 is 1.91 bits per heavy atom. The molecule has 1 aromatic carbocycles. The van der Waals surface area contributed by atoms with Gasteiger partial charge >= 0.3 is 0 Å². The van der Waals surface area contributed by atoms with Gasteiger partial charge in [0.25, 0.3) is 5.91 Å². The number of aryl methyl sites for hydroxylation is 1. The molecule has 0 atom stereocenters. The molecule has 3 aromatic rings. The minimum absolute atomic E-state index is 0.164. The first kappa shape index (κ1) is 23.5. The van der Waals surface area contributed by atoms with Crippen molar-refractivity contribution in [1.82, 2.24) is 19.7 Å². The number of aromatic nitrogens is 3. The summed E-state index contributed by atoms with van der Waals surface area (Å²) in [5, 5.41) is 5.19. The number of anilines is 1. The number of carbonyl (C=O) groups excluding carboxylic acids is 1. The van der Waals surface area contributed by atoms with Gasteiger partial charge in [-0.1, -0.05) is 11.3 Å². The average Bonchev–Trinajstić information content (AvgIpc) is 3.43. The molecule has 3 heterocycles. The van der Waals surface area contributed by atoms with E-state index in [2.05, 4.69) is 23.8 Å². The lowest BCUT2D eigenvalue weighted by molar-refractivity contribution is 0.0391. The summed E-state index contributed by atoms with van der Waals surface area (Å²) in [6.07, 6.45) is 0. The van der Waals surface area contributed by atoms with Crippen molar-refractivity contribution in [3.63, 3.8) is 0 Å². The predicted molar refractivity (Wildman–Crippen MR) is 129 cm³/mol. The highest BCUT2D eigenvalue weighted by atomic mass is 32.1. The van der Waals surface area contributed by atoms with Crippen LogP contribution in [0.15, 0.2) is 18.2 Å². The highest BCUT2D eigenvalue weighted by molar-refractivity contribution is 7.22. The molecule has 1 amide bonds. The van der Waals surface area contributed by atoms with Crippen LogP contribution in [0.3, 0.4) is 0 Å². The third-order valence-corrected chi connectivity index (χ3v) is 6.84. The van der Waals surface area contributed by atoms with Gasteiger partial charge in [0.1, 0.15) is 21.7 Å². The van der Waals surface area contributed by atoms with Crippen molar-refractivity contribution in [1.29, 1.82) is 0 Å². The van der Waals surface area contributed by atoms with Crippen LogP contribution in [-0.4, -0.2) is 79.2 Å². The first-order valence-corrected chi connectivity index (χ1v) is 11.9. The summed E-state index contributed by atoms with van der Waals surface area (Å²) in [5.41, 5.74) is 2.06. The zero-order valence-electron chi connectivity index (χ0n) is 19.8. The molecule has 4 rings (SSSR count). The van der Waals surface area contributed by atoms with E-state index in [-0.39, 0.29) is 11.9 Å². The summed E-state index contributed by atoms with van der Waals surface area (Å²) in [6, 6.07) is 5.71. The maximum Gasteiger partial charge on any atom is 0.280 e. The van der Waals surface area contributed by atoms with Gasteiger partial charge in [0.05, 0.1) is 27.4 Å². The third kappa shape index (κ3) is 4.83. The second kappa shape index (κ2) is 10.1. The van der Waals surface area contributed by atoms with Crippen LogP contribution in [0.4, 0.5) is 5.13 Å². The Hall–Kier alpha value is -2.69. The zero-order valence-corrected chi connectivity index (χ0v) is 20.6. The molecule has 0 radical (unpaired) electrons. The number of methoxy groups -OCH3 is 2. The lowest BCUT2D eigenvalue weighted by Gasteiger charge is -2.29. The molecule has 1 fully saturated rings. The van der Waals surface area contributed by atoms with Crippen LogP contribution in [0, 0.1) is 6.92 Å². The molecule has 1 aliphatic rings. The van der Waals surface area contributed by atoms with Crippen LogP contribution in [0.25, 0.3) is 10.2 Å². The summed E-state index contributed by atoms with van der Waals surface area (Å²) in [6.45, 7) is 10.4. The number of amides is 1. The fourth-order valence-electron chi connectivity index (χ4n) is 3.99. The number of morpholine rings is 1. The molecular formula is C23H31N5O4S. The average molecular weight is 474 g/mol. The van der Waals surface area contributed by atoms with Crippen LogP contribution in [0.5, 0.6) is 11.5 Å². The number of hydrogen-bond acceptors (Lipinski definition) is 8. The molecular weight excluding hydrogens is 442 g/mol. The van der Waals surface area contributed by atoms with Crippen LogP contribution < -0.4 is 14.4 Å². The number of fused-ring (bicyclic) bond motifs is 1. The Morgan fingerprint density at radius 1 is 1.21 bits per heavy atom. The van der Waals surface area contributed by atoms with Gasteiger partial charge in [-0.05, 0) is 39.0 Å². The molecule has 1 saturated heterocycles. The predicted octanol–water partition coefficient (Wildman–Crippen LogP) is 3.38. The third-order valence-electron chi connectivity index (χ3n) is 5.75. The summed E-state index contributed by atoms with van der Waals surface area (Å²) < 4.78 is 19.2. The van der Waals surface area contributed by atoms with Crippen molar-refractivity contribution in [3.05, 3.63) is 29.6 Å². The SMILES string of the molecule is COc1ccc(OC)c2sc(N(CCN3CCOCC3)C(=O)c3cc(C)n(C(C)C)n3)nc12. The summed E-state index contributed by atoms with van der Waals surface area (Å²) in [4.78, 5) is 22.5. The second-order valence-electron chi connectivity index (χ2n) is 8.26. The molecule has 0 saturated carbocycles. The number of nitrogens with zero attached hydrogens (tertiary/aromatic N) is 5. The first-order valence-electron chi connectivity index (χ1n) is 11.1. The Bertz CT molecular complexity index is 1080. The van der Waals surface area contributed by atoms with Crippen molar-refractivity contribution >= 4 is 32.6 Å². The van der Waals surface area contributed by atoms with E-state index >= 15 is 0 Å². The highest BCUT2D eigenvalue weighted by Gasteiger charge is 2.27. The fraction of sp³-hybridized carbons (Fsp3) is 0.522. The Balaban J connectivity index is 1.72. The maximum atomic E-state index is 13.7. The molecule has 1 aliphatic heterocycles. The number of ether oxygens (including phenoxy) is 3. The minimum Gasteiger partial charge on any atom is -0.495 e. The number of rotatable bonds is 8. The fourth-order valence-corrected chi connectivity index (χ4v) is 5.09. The van der Waals surface area contributed by atoms with Gasteiger partial charge in [-0.25, -0.2) is 4.98 Å². The summed E-state index contributed by atoms with van der Waals surface area (Å²) >= 11 is 1.42. The van der Waals surface area contributed by atoms with Crippen molar-refractivity contribution in [3.8, 4) is 11.5 Å². The van der Waals surface area contributed by atoms with Crippen LogP contribution in [0.2, 0.25) is 0 Å². The Kier molecular flexibility index (Phi) is 7.16. The van der Waals surface area contributed by atoms with Crippen LogP contribution >= 0.6 is 11.3 Å². The van der Waals surface area contributed by atoms with Crippen molar-refractivity contribution < 1.29 is 19.0 Å². The van der Waals surface area contributed by atoms with E-state index in [0.29, 0.717) is 47.6 Å². The number of hydrogen-bond donors (Lipinski definition) is 0. The Labute approximate surface area is 197 Å². The molecule has 2 aromatic heterocycles.